The highest BCUT2D eigenvalue weighted by molar-refractivity contribution is 14.0. The van der Waals surface area contributed by atoms with Gasteiger partial charge in [-0.15, -0.1) is 24.0 Å². The van der Waals surface area contributed by atoms with Crippen LogP contribution in [0.1, 0.15) is 25.0 Å². The summed E-state index contributed by atoms with van der Waals surface area (Å²) in [6.45, 7) is 4.27. The molecule has 0 aliphatic heterocycles. The van der Waals surface area contributed by atoms with Crippen LogP contribution in [0.25, 0.3) is 0 Å². The van der Waals surface area contributed by atoms with E-state index in [0.717, 1.165) is 29.4 Å². The first-order valence-electron chi connectivity index (χ1n) is 8.67. The van der Waals surface area contributed by atoms with Crippen LogP contribution in [0, 0.1) is 17.6 Å². The Morgan fingerprint density at radius 3 is 2.29 bits per heavy atom. The first-order valence-corrected chi connectivity index (χ1v) is 8.67. The van der Waals surface area contributed by atoms with E-state index in [4.69, 9.17) is 0 Å². The van der Waals surface area contributed by atoms with E-state index in [1.807, 2.05) is 38.1 Å². The van der Waals surface area contributed by atoms with E-state index < -0.39 is 11.6 Å². The Morgan fingerprint density at radius 1 is 1.04 bits per heavy atom. The average Bonchev–Trinajstić information content (AvgIpc) is 2.65. The predicted octanol–water partition coefficient (Wildman–Crippen LogP) is 4.04. The second-order valence-corrected chi connectivity index (χ2v) is 6.36. The number of hydrogen-bond donors (Lipinski definition) is 3. The summed E-state index contributed by atoms with van der Waals surface area (Å²) in [5.41, 5.74) is 1.95. The Labute approximate surface area is 181 Å². The molecule has 0 spiro atoms. The van der Waals surface area contributed by atoms with Crippen LogP contribution in [0.5, 0.6) is 0 Å². The van der Waals surface area contributed by atoms with E-state index in [2.05, 4.69) is 20.9 Å². The molecule has 0 bridgehead atoms. The molecule has 0 radical (unpaired) electrons. The molecule has 0 aromatic heterocycles. The number of carbonyl (C=O) groups is 1. The van der Waals surface area contributed by atoms with Crippen molar-refractivity contribution in [3.63, 3.8) is 0 Å². The standard InChI is InChI=1S/C20H24F2N4O.HI/c1-13(2)19(27)26-17-7-4-14(5-8-17)11-24-20(23-3)25-12-15-10-16(21)6-9-18(15)22;/h4-10,13H,11-12H2,1-3H3,(H,26,27)(H2,23,24,25);1H. The van der Waals surface area contributed by atoms with E-state index in [9.17, 15) is 13.6 Å². The monoisotopic (exact) mass is 502 g/mol. The smallest absolute Gasteiger partial charge is 0.226 e. The van der Waals surface area contributed by atoms with E-state index in [-0.39, 0.29) is 47.9 Å². The fourth-order valence-electron chi connectivity index (χ4n) is 2.26. The van der Waals surface area contributed by atoms with Crippen LogP contribution < -0.4 is 16.0 Å². The molecule has 0 fully saturated rings. The number of nitrogens with zero attached hydrogens (tertiary/aromatic N) is 1. The highest BCUT2D eigenvalue weighted by Gasteiger charge is 2.07. The molecule has 2 aromatic rings. The van der Waals surface area contributed by atoms with Gasteiger partial charge in [0.2, 0.25) is 5.91 Å². The van der Waals surface area contributed by atoms with Gasteiger partial charge in [-0.25, -0.2) is 8.78 Å². The van der Waals surface area contributed by atoms with Crippen LogP contribution in [0.3, 0.4) is 0 Å². The second kappa shape index (κ2) is 11.6. The molecule has 5 nitrogen and oxygen atoms in total. The van der Waals surface area contributed by atoms with Crippen molar-refractivity contribution < 1.29 is 13.6 Å². The van der Waals surface area contributed by atoms with Crippen molar-refractivity contribution in [1.29, 1.82) is 0 Å². The molecule has 0 aliphatic carbocycles. The fourth-order valence-corrected chi connectivity index (χ4v) is 2.26. The minimum Gasteiger partial charge on any atom is -0.352 e. The largest absolute Gasteiger partial charge is 0.352 e. The quantitative estimate of drug-likeness (QED) is 0.318. The van der Waals surface area contributed by atoms with Gasteiger partial charge < -0.3 is 16.0 Å². The SMILES string of the molecule is CN=C(NCc1ccc(NC(=O)C(C)C)cc1)NCc1cc(F)ccc1F.I. The predicted molar refractivity (Wildman–Crippen MR) is 119 cm³/mol. The van der Waals surface area contributed by atoms with Gasteiger partial charge in [-0.2, -0.15) is 0 Å². The summed E-state index contributed by atoms with van der Waals surface area (Å²) in [4.78, 5) is 15.8. The van der Waals surface area contributed by atoms with Gasteiger partial charge in [0.15, 0.2) is 5.96 Å². The van der Waals surface area contributed by atoms with Gasteiger partial charge in [0.1, 0.15) is 11.6 Å². The molecule has 1 amide bonds. The van der Waals surface area contributed by atoms with Gasteiger partial charge in [-0.05, 0) is 35.9 Å². The number of nitrogens with one attached hydrogen (secondary N) is 3. The Kier molecular flexibility index (Phi) is 9.84. The van der Waals surface area contributed by atoms with Gasteiger partial charge in [-0.1, -0.05) is 26.0 Å². The Morgan fingerprint density at radius 2 is 1.68 bits per heavy atom. The molecular weight excluding hydrogens is 477 g/mol. The molecule has 0 unspecified atom stereocenters. The minimum atomic E-state index is -0.485. The molecule has 2 aromatic carbocycles. The topological polar surface area (TPSA) is 65.5 Å². The summed E-state index contributed by atoms with van der Waals surface area (Å²) in [6.07, 6.45) is 0. The third-order valence-corrected chi connectivity index (χ3v) is 3.88. The highest BCUT2D eigenvalue weighted by atomic mass is 127. The normalized spacial score (nSPS) is 11.0. The number of anilines is 1. The molecule has 28 heavy (non-hydrogen) atoms. The third kappa shape index (κ3) is 7.41. The number of guanidine groups is 1. The van der Waals surface area contributed by atoms with Gasteiger partial charge in [0.05, 0.1) is 0 Å². The van der Waals surface area contributed by atoms with Gasteiger partial charge >= 0.3 is 0 Å². The Bertz CT molecular complexity index is 810. The molecule has 3 N–H and O–H groups in total. The van der Waals surface area contributed by atoms with Crippen LogP contribution in [-0.4, -0.2) is 18.9 Å². The number of carbonyl (C=O) groups excluding carboxylic acids is 1. The molecule has 0 heterocycles. The first-order chi connectivity index (χ1) is 12.9. The zero-order valence-corrected chi connectivity index (χ0v) is 18.4. The van der Waals surface area contributed by atoms with E-state index in [0.29, 0.717) is 12.5 Å². The van der Waals surface area contributed by atoms with Crippen molar-refractivity contribution in [2.45, 2.75) is 26.9 Å². The summed E-state index contributed by atoms with van der Waals surface area (Å²) in [6, 6.07) is 10.8. The molecule has 152 valence electrons. The van der Waals surface area contributed by atoms with Crippen LogP contribution >= 0.6 is 24.0 Å². The number of benzene rings is 2. The maximum atomic E-state index is 13.7. The van der Waals surface area contributed by atoms with Crippen molar-refractivity contribution in [3.05, 3.63) is 65.2 Å². The molecule has 0 saturated heterocycles. The highest BCUT2D eigenvalue weighted by Crippen LogP contribution is 2.11. The zero-order valence-electron chi connectivity index (χ0n) is 16.1. The number of aliphatic imine (C=N–C) groups is 1. The first kappa shape index (κ1) is 23.8. The maximum absolute atomic E-state index is 13.7. The molecule has 8 heteroatoms. The summed E-state index contributed by atoms with van der Waals surface area (Å²) in [5.74, 6) is -0.603. The zero-order chi connectivity index (χ0) is 19.8. The van der Waals surface area contributed by atoms with Gasteiger partial charge in [0.25, 0.3) is 0 Å². The van der Waals surface area contributed by atoms with Crippen LogP contribution in [0.4, 0.5) is 14.5 Å². The van der Waals surface area contributed by atoms with Crippen LogP contribution in [0.2, 0.25) is 0 Å². The van der Waals surface area contributed by atoms with E-state index >= 15 is 0 Å². The lowest BCUT2D eigenvalue weighted by Gasteiger charge is -2.13. The number of rotatable bonds is 6. The van der Waals surface area contributed by atoms with E-state index in [1.54, 1.807) is 7.05 Å². The number of hydrogen-bond acceptors (Lipinski definition) is 2. The van der Waals surface area contributed by atoms with Gasteiger partial charge in [-0.3, -0.25) is 9.79 Å². The van der Waals surface area contributed by atoms with Crippen molar-refractivity contribution in [2.24, 2.45) is 10.9 Å². The second-order valence-electron chi connectivity index (χ2n) is 6.36. The lowest BCUT2D eigenvalue weighted by Crippen LogP contribution is -2.36. The molecule has 0 atom stereocenters. The maximum Gasteiger partial charge on any atom is 0.226 e. The lowest BCUT2D eigenvalue weighted by atomic mass is 10.1. The summed E-state index contributed by atoms with van der Waals surface area (Å²) in [5, 5.41) is 8.88. The average molecular weight is 502 g/mol. The third-order valence-electron chi connectivity index (χ3n) is 3.88. The molecule has 0 saturated carbocycles. The fraction of sp³-hybridized carbons (Fsp3) is 0.300. The van der Waals surface area contributed by atoms with Crippen molar-refractivity contribution in [2.75, 3.05) is 12.4 Å². The minimum absolute atomic E-state index is 0. The number of halogens is 3. The molecular formula is C20H25F2IN4O. The summed E-state index contributed by atoms with van der Waals surface area (Å²) >= 11 is 0. The Hall–Kier alpha value is -2.23. The van der Waals surface area contributed by atoms with E-state index in [1.165, 1.54) is 0 Å². The lowest BCUT2D eigenvalue weighted by molar-refractivity contribution is -0.118. The summed E-state index contributed by atoms with van der Waals surface area (Å²) in [7, 11) is 1.60. The van der Waals surface area contributed by atoms with Crippen molar-refractivity contribution in [1.82, 2.24) is 10.6 Å². The summed E-state index contributed by atoms with van der Waals surface area (Å²) < 4.78 is 26.9. The van der Waals surface area contributed by atoms with Gasteiger partial charge in [0, 0.05) is 37.3 Å². The van der Waals surface area contributed by atoms with Crippen LogP contribution in [0.15, 0.2) is 47.5 Å². The van der Waals surface area contributed by atoms with Crippen molar-refractivity contribution in [3.8, 4) is 0 Å². The molecule has 0 aliphatic rings. The van der Waals surface area contributed by atoms with Crippen LogP contribution in [-0.2, 0) is 17.9 Å². The Balaban J connectivity index is 0.00000392. The van der Waals surface area contributed by atoms with Crippen molar-refractivity contribution >= 4 is 41.5 Å². The number of amides is 1. The molecule has 2 rings (SSSR count).